The molecule has 1 saturated carbocycles. The maximum Gasteiger partial charge on any atom is 0.133 e. The second-order valence-electron chi connectivity index (χ2n) is 5.88. The average molecular weight is 301 g/mol. The fourth-order valence-electron chi connectivity index (χ4n) is 2.49. The van der Waals surface area contributed by atoms with Crippen LogP contribution >= 0.6 is 11.3 Å². The van der Waals surface area contributed by atoms with Crippen molar-refractivity contribution in [1.29, 1.82) is 0 Å². The zero-order chi connectivity index (χ0) is 14.7. The third-order valence-electron chi connectivity index (χ3n) is 4.10. The molecule has 4 heteroatoms. The van der Waals surface area contributed by atoms with Crippen LogP contribution in [0.25, 0.3) is 0 Å². The predicted molar refractivity (Wildman–Crippen MR) is 90.0 cm³/mol. The van der Waals surface area contributed by atoms with Gasteiger partial charge in [-0.15, -0.1) is 11.3 Å². The van der Waals surface area contributed by atoms with E-state index in [2.05, 4.69) is 52.8 Å². The van der Waals surface area contributed by atoms with E-state index >= 15 is 0 Å². The van der Waals surface area contributed by atoms with Crippen LogP contribution in [0.15, 0.2) is 35.8 Å². The topological polar surface area (TPSA) is 28.2 Å². The van der Waals surface area contributed by atoms with Gasteiger partial charge in [-0.2, -0.15) is 0 Å². The monoisotopic (exact) mass is 301 g/mol. The van der Waals surface area contributed by atoms with E-state index in [1.807, 2.05) is 23.6 Å². The van der Waals surface area contributed by atoms with Gasteiger partial charge in [0.25, 0.3) is 0 Å². The van der Waals surface area contributed by atoms with E-state index in [0.29, 0.717) is 6.04 Å². The molecule has 3 nitrogen and oxygen atoms in total. The Labute approximate surface area is 131 Å². The minimum Gasteiger partial charge on any atom is -0.356 e. The maximum atomic E-state index is 4.62. The zero-order valence-electron chi connectivity index (χ0n) is 12.7. The van der Waals surface area contributed by atoms with Gasteiger partial charge in [-0.05, 0) is 37.3 Å². The van der Waals surface area contributed by atoms with Crippen LogP contribution in [0.2, 0.25) is 0 Å². The number of hydrogen-bond donors (Lipinski definition) is 1. The predicted octanol–water partition coefficient (Wildman–Crippen LogP) is 3.46. The summed E-state index contributed by atoms with van der Waals surface area (Å²) in [6.07, 6.45) is 5.60. The molecule has 1 aliphatic rings. The van der Waals surface area contributed by atoms with Gasteiger partial charge in [-0.1, -0.05) is 12.1 Å². The molecular weight excluding hydrogens is 278 g/mol. The first-order chi connectivity index (χ1) is 10.2. The number of aromatic nitrogens is 1. The molecule has 0 saturated heterocycles. The van der Waals surface area contributed by atoms with Crippen LogP contribution in [0.5, 0.6) is 0 Å². The van der Waals surface area contributed by atoms with E-state index in [0.717, 1.165) is 24.8 Å². The van der Waals surface area contributed by atoms with Gasteiger partial charge in [-0.25, -0.2) is 4.98 Å². The molecule has 2 aromatic rings. The van der Waals surface area contributed by atoms with Crippen molar-refractivity contribution < 1.29 is 0 Å². The van der Waals surface area contributed by atoms with Crippen LogP contribution in [0.3, 0.4) is 0 Å². The number of rotatable bonds is 7. The third-order valence-corrected chi connectivity index (χ3v) is 5.00. The second-order valence-corrected chi connectivity index (χ2v) is 6.92. The normalized spacial score (nSPS) is 15.9. The first kappa shape index (κ1) is 14.5. The van der Waals surface area contributed by atoms with Crippen molar-refractivity contribution in [3.05, 3.63) is 46.3 Å². The Kier molecular flexibility index (Phi) is 4.56. The van der Waals surface area contributed by atoms with Crippen molar-refractivity contribution in [3.8, 4) is 0 Å². The second kappa shape index (κ2) is 6.58. The number of nitrogens with one attached hydrogen (secondary N) is 1. The number of nitrogens with zero attached hydrogens (tertiary/aromatic N) is 2. The Balaban J connectivity index is 1.68. The van der Waals surface area contributed by atoms with Crippen LogP contribution < -0.4 is 10.2 Å². The van der Waals surface area contributed by atoms with E-state index in [4.69, 9.17) is 0 Å². The van der Waals surface area contributed by atoms with Crippen LogP contribution in [-0.4, -0.2) is 24.1 Å². The molecule has 0 aliphatic heterocycles. The van der Waals surface area contributed by atoms with Crippen LogP contribution in [0.1, 0.15) is 30.2 Å². The van der Waals surface area contributed by atoms with Gasteiger partial charge in [0.15, 0.2) is 0 Å². The smallest absolute Gasteiger partial charge is 0.133 e. The lowest BCUT2D eigenvalue weighted by atomic mass is 10.1. The Hall–Kier alpha value is -1.39. The molecule has 0 radical (unpaired) electrons. The Bertz CT molecular complexity index is 563. The van der Waals surface area contributed by atoms with Crippen molar-refractivity contribution in [1.82, 2.24) is 10.3 Å². The maximum absolute atomic E-state index is 4.62. The Morgan fingerprint density at radius 2 is 2.24 bits per heavy atom. The highest BCUT2D eigenvalue weighted by atomic mass is 32.1. The summed E-state index contributed by atoms with van der Waals surface area (Å²) in [6.45, 7) is 3.19. The number of hydrogen-bond acceptors (Lipinski definition) is 4. The Morgan fingerprint density at radius 3 is 2.95 bits per heavy atom. The van der Waals surface area contributed by atoms with Crippen molar-refractivity contribution >= 4 is 17.2 Å². The summed E-state index contributed by atoms with van der Waals surface area (Å²) in [6, 6.07) is 9.73. The van der Waals surface area contributed by atoms with E-state index in [-0.39, 0.29) is 0 Å². The minimum absolute atomic E-state index is 0.443. The minimum atomic E-state index is 0.443. The lowest BCUT2D eigenvalue weighted by molar-refractivity contribution is 0.656. The molecule has 2 aromatic heterocycles. The highest BCUT2D eigenvalue weighted by molar-refractivity contribution is 7.09. The molecule has 0 bridgehead atoms. The molecule has 2 heterocycles. The molecular formula is C17H23N3S. The summed E-state index contributed by atoms with van der Waals surface area (Å²) in [5, 5.41) is 5.73. The largest absolute Gasteiger partial charge is 0.356 e. The molecule has 1 atom stereocenters. The zero-order valence-corrected chi connectivity index (χ0v) is 13.6. The number of pyridine rings is 1. The summed E-state index contributed by atoms with van der Waals surface area (Å²) >= 11 is 1.83. The number of anilines is 1. The molecule has 112 valence electrons. The lowest BCUT2D eigenvalue weighted by Crippen LogP contribution is -2.32. The fraction of sp³-hybridized carbons (Fsp3) is 0.471. The summed E-state index contributed by atoms with van der Waals surface area (Å²) < 4.78 is 0. The summed E-state index contributed by atoms with van der Waals surface area (Å²) in [5.41, 5.74) is 1.30. The van der Waals surface area contributed by atoms with Gasteiger partial charge in [0.2, 0.25) is 0 Å². The molecule has 1 fully saturated rings. The molecule has 1 aliphatic carbocycles. The van der Waals surface area contributed by atoms with Crippen molar-refractivity contribution in [3.63, 3.8) is 0 Å². The van der Waals surface area contributed by atoms with E-state index < -0.39 is 0 Å². The number of thiophene rings is 1. The van der Waals surface area contributed by atoms with E-state index in [1.54, 1.807) is 0 Å². The average Bonchev–Trinajstić information content (AvgIpc) is 3.20. The Morgan fingerprint density at radius 1 is 1.38 bits per heavy atom. The van der Waals surface area contributed by atoms with Crippen molar-refractivity contribution in [2.24, 2.45) is 0 Å². The van der Waals surface area contributed by atoms with Crippen LogP contribution in [-0.2, 0) is 13.0 Å². The molecule has 21 heavy (non-hydrogen) atoms. The van der Waals surface area contributed by atoms with Crippen LogP contribution in [0, 0.1) is 0 Å². The van der Waals surface area contributed by atoms with Gasteiger partial charge >= 0.3 is 0 Å². The van der Waals surface area contributed by atoms with Gasteiger partial charge in [0.05, 0.1) is 0 Å². The SMILES string of the molecule is CC(Cc1cccs1)N(C)c1ncccc1CNC1CC1. The van der Waals surface area contributed by atoms with Crippen molar-refractivity contribution in [2.45, 2.75) is 44.8 Å². The first-order valence-electron chi connectivity index (χ1n) is 7.66. The quantitative estimate of drug-likeness (QED) is 0.849. The molecule has 0 spiro atoms. The van der Waals surface area contributed by atoms with E-state index in [1.165, 1.54) is 23.3 Å². The fourth-order valence-corrected chi connectivity index (χ4v) is 3.32. The highest BCUT2D eigenvalue weighted by Gasteiger charge is 2.21. The standard InChI is InChI=1S/C17H23N3S/c1-13(11-16-6-4-10-21-16)20(2)17-14(5-3-9-18-17)12-19-15-7-8-15/h3-6,9-10,13,15,19H,7-8,11-12H2,1-2H3. The van der Waals surface area contributed by atoms with Gasteiger partial charge in [0, 0.05) is 48.7 Å². The first-order valence-corrected chi connectivity index (χ1v) is 8.54. The highest BCUT2D eigenvalue weighted by Crippen LogP contribution is 2.23. The molecule has 1 unspecified atom stereocenters. The van der Waals surface area contributed by atoms with Crippen LogP contribution in [0.4, 0.5) is 5.82 Å². The summed E-state index contributed by atoms with van der Waals surface area (Å²) in [5.74, 6) is 1.11. The molecule has 3 rings (SSSR count). The molecule has 1 N–H and O–H groups in total. The third kappa shape index (κ3) is 3.83. The lowest BCUT2D eigenvalue weighted by Gasteiger charge is -2.27. The molecule has 0 amide bonds. The van der Waals surface area contributed by atoms with Gasteiger partial charge in [-0.3, -0.25) is 0 Å². The van der Waals surface area contributed by atoms with E-state index in [9.17, 15) is 0 Å². The number of likely N-dealkylation sites (N-methyl/N-ethyl adjacent to an activating group) is 1. The van der Waals surface area contributed by atoms with Gasteiger partial charge < -0.3 is 10.2 Å². The molecule has 0 aromatic carbocycles. The summed E-state index contributed by atoms with van der Waals surface area (Å²) in [7, 11) is 2.15. The summed E-state index contributed by atoms with van der Waals surface area (Å²) in [4.78, 5) is 8.36. The van der Waals surface area contributed by atoms with Gasteiger partial charge in [0.1, 0.15) is 5.82 Å². The van der Waals surface area contributed by atoms with Crippen molar-refractivity contribution in [2.75, 3.05) is 11.9 Å².